The SMILES string of the molecule is CCCCCc1cc2c(c(OP(=O)(NC(C)C(=O)OC(C)C)C(=O)OCC)c1)C1C=C(CO)CCC1C(C)(C)O2. The van der Waals surface area contributed by atoms with Crippen LogP contribution in [0.15, 0.2) is 23.8 Å². The van der Waals surface area contributed by atoms with Crippen molar-refractivity contribution in [1.29, 1.82) is 0 Å². The van der Waals surface area contributed by atoms with Crippen molar-refractivity contribution in [1.82, 2.24) is 5.09 Å². The van der Waals surface area contributed by atoms with E-state index in [4.69, 9.17) is 18.7 Å². The fourth-order valence-electron chi connectivity index (χ4n) is 5.50. The molecule has 1 heterocycles. The van der Waals surface area contributed by atoms with Crippen molar-refractivity contribution in [3.05, 3.63) is 34.9 Å². The Bertz CT molecular complexity index is 1140. The van der Waals surface area contributed by atoms with Gasteiger partial charge in [-0.05, 0) is 90.5 Å². The Morgan fingerprint density at radius 1 is 1.20 bits per heavy atom. The van der Waals surface area contributed by atoms with Gasteiger partial charge in [-0.3, -0.25) is 4.79 Å². The Kier molecular flexibility index (Phi) is 10.9. The van der Waals surface area contributed by atoms with Crippen LogP contribution in [0.5, 0.6) is 11.5 Å². The van der Waals surface area contributed by atoms with E-state index in [0.29, 0.717) is 11.3 Å². The zero-order chi connectivity index (χ0) is 29.7. The minimum absolute atomic E-state index is 0.0154. The summed E-state index contributed by atoms with van der Waals surface area (Å²) in [6, 6.07) is 2.72. The molecule has 1 aliphatic heterocycles. The Morgan fingerprint density at radius 3 is 2.55 bits per heavy atom. The number of benzene rings is 1. The van der Waals surface area contributed by atoms with Crippen molar-refractivity contribution in [2.24, 2.45) is 5.92 Å². The third-order valence-corrected chi connectivity index (χ3v) is 9.26. The maximum absolute atomic E-state index is 14.2. The van der Waals surface area contributed by atoms with Gasteiger partial charge in [-0.1, -0.05) is 25.8 Å². The quantitative estimate of drug-likeness (QED) is 0.114. The molecule has 0 saturated carbocycles. The molecule has 1 aromatic rings. The van der Waals surface area contributed by atoms with E-state index in [-0.39, 0.29) is 36.9 Å². The smallest absolute Gasteiger partial charge is 0.424 e. The standard InChI is InChI=1S/C30H46NO8P/c1-8-10-11-12-21-16-25-27(23-15-22(18-32)13-14-24(23)30(6,7)38-25)26(17-21)39-40(35,29(34)36-9-2)31-20(5)28(33)37-19(3)4/h15-17,19-20,23-24,32H,8-14,18H2,1-7H3,(H,31,35). The third kappa shape index (κ3) is 7.48. The van der Waals surface area contributed by atoms with Crippen molar-refractivity contribution < 1.29 is 38.0 Å². The molecule has 1 aromatic carbocycles. The van der Waals surface area contributed by atoms with Crippen LogP contribution in [0, 0.1) is 5.92 Å². The number of hydrogen-bond acceptors (Lipinski definition) is 8. The summed E-state index contributed by atoms with van der Waals surface area (Å²) < 4.78 is 37.3. The molecular weight excluding hydrogens is 533 g/mol. The van der Waals surface area contributed by atoms with Crippen molar-refractivity contribution in [3.8, 4) is 11.5 Å². The lowest BCUT2D eigenvalue weighted by Gasteiger charge is -2.47. The Labute approximate surface area is 238 Å². The zero-order valence-electron chi connectivity index (χ0n) is 25.0. The number of hydrogen-bond donors (Lipinski definition) is 2. The van der Waals surface area contributed by atoms with Crippen LogP contribution in [-0.2, 0) is 25.3 Å². The number of nitrogens with one attached hydrogen (secondary N) is 1. The average molecular weight is 580 g/mol. The number of ether oxygens (including phenoxy) is 3. The van der Waals surface area contributed by atoms with Crippen LogP contribution in [0.3, 0.4) is 0 Å². The number of fused-ring (bicyclic) bond motifs is 3. The Balaban J connectivity index is 2.13. The van der Waals surface area contributed by atoms with Crippen LogP contribution in [0.4, 0.5) is 4.79 Å². The van der Waals surface area contributed by atoms with Gasteiger partial charge in [0.2, 0.25) is 0 Å². The highest BCUT2D eigenvalue weighted by Crippen LogP contribution is 2.56. The summed E-state index contributed by atoms with van der Waals surface area (Å²) in [6.45, 7) is 12.7. The average Bonchev–Trinajstić information content (AvgIpc) is 2.87. The second-order valence-electron chi connectivity index (χ2n) is 11.5. The van der Waals surface area contributed by atoms with E-state index in [1.807, 2.05) is 18.2 Å². The molecule has 0 spiro atoms. The minimum atomic E-state index is -4.44. The molecule has 0 bridgehead atoms. The number of aryl methyl sites for hydroxylation is 1. The number of carbonyl (C=O) groups is 2. The molecule has 9 nitrogen and oxygen atoms in total. The first-order chi connectivity index (χ1) is 18.8. The highest BCUT2D eigenvalue weighted by Gasteiger charge is 2.47. The summed E-state index contributed by atoms with van der Waals surface area (Å²) in [6.07, 6.45) is 7.02. The lowest BCUT2D eigenvalue weighted by molar-refractivity contribution is -0.149. The number of allylic oxidation sites excluding steroid dienone is 1. The molecule has 40 heavy (non-hydrogen) atoms. The van der Waals surface area contributed by atoms with E-state index in [2.05, 4.69) is 25.9 Å². The molecule has 10 heteroatoms. The monoisotopic (exact) mass is 579 g/mol. The molecule has 2 N–H and O–H groups in total. The normalized spacial score (nSPS) is 21.7. The third-order valence-electron chi connectivity index (χ3n) is 7.46. The van der Waals surface area contributed by atoms with Crippen molar-refractivity contribution in [2.75, 3.05) is 13.2 Å². The van der Waals surface area contributed by atoms with Gasteiger partial charge >= 0.3 is 19.2 Å². The topological polar surface area (TPSA) is 120 Å². The highest BCUT2D eigenvalue weighted by atomic mass is 31.2. The van der Waals surface area contributed by atoms with Crippen molar-refractivity contribution >= 4 is 19.2 Å². The first kappa shape index (κ1) is 32.2. The maximum atomic E-state index is 14.2. The van der Waals surface area contributed by atoms with Gasteiger partial charge in [0.25, 0.3) is 0 Å². The predicted octanol–water partition coefficient (Wildman–Crippen LogP) is 6.66. The number of aliphatic hydroxyl groups excluding tert-OH is 1. The summed E-state index contributed by atoms with van der Waals surface area (Å²) in [4.78, 5) is 25.7. The summed E-state index contributed by atoms with van der Waals surface area (Å²) in [5.74, 6) is 0.0739. The first-order valence-electron chi connectivity index (χ1n) is 14.5. The molecule has 4 unspecified atom stereocenters. The fourth-order valence-corrected chi connectivity index (χ4v) is 7.08. The van der Waals surface area contributed by atoms with Crippen LogP contribution in [0.25, 0.3) is 0 Å². The first-order valence-corrected chi connectivity index (χ1v) is 16.1. The van der Waals surface area contributed by atoms with Gasteiger partial charge in [0.1, 0.15) is 23.1 Å². The van der Waals surface area contributed by atoms with Crippen LogP contribution < -0.4 is 14.3 Å². The van der Waals surface area contributed by atoms with Crippen molar-refractivity contribution in [3.63, 3.8) is 0 Å². The highest BCUT2D eigenvalue weighted by molar-refractivity contribution is 7.74. The molecule has 4 atom stereocenters. The second kappa shape index (κ2) is 13.5. The van der Waals surface area contributed by atoms with Gasteiger partial charge < -0.3 is 23.8 Å². The summed E-state index contributed by atoms with van der Waals surface area (Å²) in [7, 11) is -4.44. The van der Waals surface area contributed by atoms with E-state index in [1.165, 1.54) is 6.92 Å². The van der Waals surface area contributed by atoms with Crippen LogP contribution >= 0.6 is 7.52 Å². The fraction of sp³-hybridized carbons (Fsp3) is 0.667. The van der Waals surface area contributed by atoms with E-state index in [1.54, 1.807) is 20.8 Å². The lowest BCUT2D eigenvalue weighted by atomic mass is 9.68. The maximum Gasteiger partial charge on any atom is 0.424 e. The van der Waals surface area contributed by atoms with Crippen LogP contribution in [0.2, 0.25) is 0 Å². The molecule has 0 fully saturated rings. The summed E-state index contributed by atoms with van der Waals surface area (Å²) >= 11 is 0. The molecular formula is C30H46NO8P. The number of carbonyl (C=O) groups excluding carboxylic acids is 2. The van der Waals surface area contributed by atoms with Gasteiger partial charge in [0.15, 0.2) is 0 Å². The van der Waals surface area contributed by atoms with Crippen LogP contribution in [0.1, 0.15) is 97.6 Å². The second-order valence-corrected chi connectivity index (χ2v) is 13.4. The molecule has 3 rings (SSSR count). The van der Waals surface area contributed by atoms with Crippen molar-refractivity contribution in [2.45, 2.75) is 111 Å². The predicted molar refractivity (Wildman–Crippen MR) is 154 cm³/mol. The summed E-state index contributed by atoms with van der Waals surface area (Å²) in [5, 5.41) is 12.5. The molecule has 0 amide bonds. The summed E-state index contributed by atoms with van der Waals surface area (Å²) in [5.41, 5.74) is 0.958. The van der Waals surface area contributed by atoms with Gasteiger partial charge in [-0.25, -0.2) is 14.4 Å². The minimum Gasteiger partial charge on any atom is -0.487 e. The number of esters is 1. The Morgan fingerprint density at radius 2 is 1.93 bits per heavy atom. The van der Waals surface area contributed by atoms with Gasteiger partial charge in [0.05, 0.1) is 19.3 Å². The molecule has 1 aliphatic carbocycles. The van der Waals surface area contributed by atoms with Gasteiger partial charge in [-0.2, -0.15) is 0 Å². The molecule has 0 saturated heterocycles. The lowest BCUT2D eigenvalue weighted by Crippen LogP contribution is -2.45. The van der Waals surface area contributed by atoms with E-state index in [9.17, 15) is 19.3 Å². The molecule has 0 aromatic heterocycles. The number of unbranched alkanes of at least 4 members (excludes halogenated alkanes) is 2. The molecule has 224 valence electrons. The molecule has 2 aliphatic rings. The van der Waals surface area contributed by atoms with Gasteiger partial charge in [-0.15, -0.1) is 0 Å². The Hall–Kier alpha value is -2.35. The largest absolute Gasteiger partial charge is 0.487 e. The number of aliphatic hydroxyl groups is 1. The molecule has 0 radical (unpaired) electrons. The van der Waals surface area contributed by atoms with Crippen LogP contribution in [-0.4, -0.2) is 47.7 Å². The van der Waals surface area contributed by atoms with E-state index < -0.39 is 30.8 Å². The van der Waals surface area contributed by atoms with E-state index >= 15 is 0 Å². The van der Waals surface area contributed by atoms with E-state index in [0.717, 1.165) is 49.7 Å². The number of rotatable bonds is 13. The van der Waals surface area contributed by atoms with Gasteiger partial charge in [0, 0.05) is 17.4 Å². The zero-order valence-corrected chi connectivity index (χ0v) is 25.8.